The summed E-state index contributed by atoms with van der Waals surface area (Å²) in [5.41, 5.74) is 0. The minimum atomic E-state index is -3.32. The summed E-state index contributed by atoms with van der Waals surface area (Å²) < 4.78 is 25.3. The molecule has 0 aliphatic carbocycles. The molecule has 0 aromatic carbocycles. The maximum Gasteiger partial charge on any atom is 0.214 e. The van der Waals surface area contributed by atoms with E-state index in [2.05, 4.69) is 6.92 Å². The standard InChI is InChI=1S/C12H21N3O2S/c1-2-3-4-5-12-18(16,17)15(10-6-8-13)11-7-9-14/h2-7,10-12H2,1H3. The van der Waals surface area contributed by atoms with Crippen LogP contribution in [0.1, 0.15) is 45.4 Å². The second-order valence-electron chi connectivity index (χ2n) is 4.09. The predicted molar refractivity (Wildman–Crippen MR) is 70.0 cm³/mol. The molecule has 0 fully saturated rings. The number of hydrogen-bond acceptors (Lipinski definition) is 4. The molecule has 0 unspecified atom stereocenters. The van der Waals surface area contributed by atoms with Gasteiger partial charge in [0.15, 0.2) is 0 Å². The fraction of sp³-hybridized carbons (Fsp3) is 0.833. The molecule has 0 saturated carbocycles. The first-order valence-electron chi connectivity index (χ1n) is 6.30. The maximum atomic E-state index is 12.0. The zero-order valence-electron chi connectivity index (χ0n) is 10.9. The van der Waals surface area contributed by atoms with Gasteiger partial charge in [0, 0.05) is 25.9 Å². The van der Waals surface area contributed by atoms with Gasteiger partial charge in [-0.3, -0.25) is 0 Å². The van der Waals surface area contributed by atoms with E-state index in [1.54, 1.807) is 0 Å². The van der Waals surface area contributed by atoms with Gasteiger partial charge < -0.3 is 0 Å². The number of rotatable bonds is 10. The van der Waals surface area contributed by atoms with E-state index in [0.717, 1.165) is 19.3 Å². The first-order valence-corrected chi connectivity index (χ1v) is 7.91. The Kier molecular flexibility index (Phi) is 9.26. The zero-order chi connectivity index (χ0) is 13.9. The summed E-state index contributed by atoms with van der Waals surface area (Å²) in [7, 11) is -3.32. The van der Waals surface area contributed by atoms with Gasteiger partial charge in [0.1, 0.15) is 0 Å². The van der Waals surface area contributed by atoms with E-state index in [0.29, 0.717) is 6.42 Å². The lowest BCUT2D eigenvalue weighted by Gasteiger charge is -2.19. The summed E-state index contributed by atoms with van der Waals surface area (Å²) >= 11 is 0. The van der Waals surface area contributed by atoms with Crippen molar-refractivity contribution >= 4 is 10.0 Å². The molecule has 0 saturated heterocycles. The minimum Gasteiger partial charge on any atom is -0.212 e. The molecule has 0 aromatic heterocycles. The summed E-state index contributed by atoms with van der Waals surface area (Å²) in [6, 6.07) is 3.87. The number of sulfonamides is 1. The Bertz CT molecular complexity index is 375. The molecular formula is C12H21N3O2S. The molecule has 0 heterocycles. The molecular weight excluding hydrogens is 250 g/mol. The van der Waals surface area contributed by atoms with Crippen molar-refractivity contribution in [2.24, 2.45) is 0 Å². The van der Waals surface area contributed by atoms with Gasteiger partial charge in [-0.05, 0) is 6.42 Å². The SMILES string of the molecule is CCCCCCS(=O)(=O)N(CCC#N)CCC#N. The molecule has 0 N–H and O–H groups in total. The molecule has 0 amide bonds. The molecule has 0 spiro atoms. The normalized spacial score (nSPS) is 11.1. The van der Waals surface area contributed by atoms with Crippen molar-refractivity contribution in [3.63, 3.8) is 0 Å². The van der Waals surface area contributed by atoms with Crippen LogP contribution in [0, 0.1) is 22.7 Å². The molecule has 0 atom stereocenters. The Morgan fingerprint density at radius 1 is 1.00 bits per heavy atom. The van der Waals surface area contributed by atoms with Gasteiger partial charge in [0.2, 0.25) is 10.0 Å². The number of hydrogen-bond donors (Lipinski definition) is 0. The molecule has 0 aromatic rings. The molecule has 6 heteroatoms. The number of nitrogens with zero attached hydrogens (tertiary/aromatic N) is 3. The average molecular weight is 271 g/mol. The van der Waals surface area contributed by atoms with Crippen molar-refractivity contribution < 1.29 is 8.42 Å². The van der Waals surface area contributed by atoms with Gasteiger partial charge in [0.05, 0.1) is 17.9 Å². The number of unbranched alkanes of at least 4 members (excludes halogenated alkanes) is 3. The Balaban J connectivity index is 4.35. The first kappa shape index (κ1) is 16.9. The Morgan fingerprint density at radius 3 is 2.00 bits per heavy atom. The van der Waals surface area contributed by atoms with E-state index in [-0.39, 0.29) is 31.7 Å². The Labute approximate surface area is 110 Å². The molecule has 0 bridgehead atoms. The van der Waals surface area contributed by atoms with E-state index >= 15 is 0 Å². The van der Waals surface area contributed by atoms with Gasteiger partial charge in [-0.2, -0.15) is 14.8 Å². The third kappa shape index (κ3) is 7.26. The van der Waals surface area contributed by atoms with Crippen molar-refractivity contribution in [3.05, 3.63) is 0 Å². The lowest BCUT2D eigenvalue weighted by atomic mass is 10.2. The van der Waals surface area contributed by atoms with Crippen LogP contribution in [0.5, 0.6) is 0 Å². The summed E-state index contributed by atoms with van der Waals surface area (Å²) in [5, 5.41) is 17.0. The van der Waals surface area contributed by atoms with Crippen molar-refractivity contribution in [1.29, 1.82) is 10.5 Å². The van der Waals surface area contributed by atoms with Crippen LogP contribution in [0.15, 0.2) is 0 Å². The monoisotopic (exact) mass is 271 g/mol. The molecule has 0 radical (unpaired) electrons. The summed E-state index contributed by atoms with van der Waals surface area (Å²) in [6.07, 6.45) is 3.98. The predicted octanol–water partition coefficient (Wildman–Crippen LogP) is 2.03. The van der Waals surface area contributed by atoms with Crippen LogP contribution in [-0.2, 0) is 10.0 Å². The fourth-order valence-electron chi connectivity index (χ4n) is 1.58. The highest BCUT2D eigenvalue weighted by Crippen LogP contribution is 2.08. The molecule has 0 rings (SSSR count). The topological polar surface area (TPSA) is 85.0 Å². The van der Waals surface area contributed by atoms with Crippen LogP contribution in [0.3, 0.4) is 0 Å². The van der Waals surface area contributed by atoms with Crippen LogP contribution in [-0.4, -0.2) is 31.6 Å². The van der Waals surface area contributed by atoms with Crippen molar-refractivity contribution in [2.45, 2.75) is 45.4 Å². The molecule has 0 aliphatic rings. The third-order valence-electron chi connectivity index (χ3n) is 2.60. The van der Waals surface area contributed by atoms with E-state index in [4.69, 9.17) is 10.5 Å². The zero-order valence-corrected chi connectivity index (χ0v) is 11.7. The molecule has 5 nitrogen and oxygen atoms in total. The highest BCUT2D eigenvalue weighted by atomic mass is 32.2. The van der Waals surface area contributed by atoms with E-state index in [1.807, 2.05) is 12.1 Å². The van der Waals surface area contributed by atoms with Crippen LogP contribution < -0.4 is 0 Å². The molecule has 0 aliphatic heterocycles. The number of nitriles is 2. The highest BCUT2D eigenvalue weighted by Gasteiger charge is 2.20. The molecule has 18 heavy (non-hydrogen) atoms. The minimum absolute atomic E-state index is 0.115. The average Bonchev–Trinajstić information content (AvgIpc) is 2.34. The Hall–Kier alpha value is -1.11. The summed E-state index contributed by atoms with van der Waals surface area (Å²) in [5.74, 6) is 0.115. The van der Waals surface area contributed by atoms with Gasteiger partial charge in [0.25, 0.3) is 0 Å². The van der Waals surface area contributed by atoms with E-state index in [1.165, 1.54) is 4.31 Å². The first-order chi connectivity index (χ1) is 8.58. The van der Waals surface area contributed by atoms with Crippen molar-refractivity contribution in [3.8, 4) is 12.1 Å². The van der Waals surface area contributed by atoms with Crippen LogP contribution >= 0.6 is 0 Å². The van der Waals surface area contributed by atoms with Crippen molar-refractivity contribution in [2.75, 3.05) is 18.8 Å². The Morgan fingerprint density at radius 2 is 1.56 bits per heavy atom. The summed E-state index contributed by atoms with van der Waals surface area (Å²) in [6.45, 7) is 2.45. The van der Waals surface area contributed by atoms with E-state index < -0.39 is 10.0 Å². The van der Waals surface area contributed by atoms with Crippen molar-refractivity contribution in [1.82, 2.24) is 4.31 Å². The van der Waals surface area contributed by atoms with Gasteiger partial charge >= 0.3 is 0 Å². The maximum absolute atomic E-state index is 12.0. The van der Waals surface area contributed by atoms with E-state index in [9.17, 15) is 8.42 Å². The largest absolute Gasteiger partial charge is 0.214 e. The smallest absolute Gasteiger partial charge is 0.212 e. The quantitative estimate of drug-likeness (QED) is 0.569. The van der Waals surface area contributed by atoms with Gasteiger partial charge in [-0.25, -0.2) is 8.42 Å². The fourth-order valence-corrected chi connectivity index (χ4v) is 3.15. The van der Waals surface area contributed by atoms with Crippen LogP contribution in [0.25, 0.3) is 0 Å². The van der Waals surface area contributed by atoms with Crippen LogP contribution in [0.4, 0.5) is 0 Å². The highest BCUT2D eigenvalue weighted by molar-refractivity contribution is 7.89. The van der Waals surface area contributed by atoms with Gasteiger partial charge in [-0.1, -0.05) is 26.2 Å². The third-order valence-corrected chi connectivity index (χ3v) is 4.55. The van der Waals surface area contributed by atoms with Crippen LogP contribution in [0.2, 0.25) is 0 Å². The second-order valence-corrected chi connectivity index (χ2v) is 6.18. The summed E-state index contributed by atoms with van der Waals surface area (Å²) in [4.78, 5) is 0. The molecule has 102 valence electrons. The second kappa shape index (κ2) is 9.87. The lowest BCUT2D eigenvalue weighted by molar-refractivity contribution is 0.423. The van der Waals surface area contributed by atoms with Gasteiger partial charge in [-0.15, -0.1) is 0 Å². The lowest BCUT2D eigenvalue weighted by Crippen LogP contribution is -2.34.